The number of carbonyl (C=O) groups excluding carboxylic acids is 1. The Kier molecular flexibility index (Phi) is 7.71. The minimum Gasteiger partial charge on any atom is -0.497 e. The van der Waals surface area contributed by atoms with Gasteiger partial charge in [-0.3, -0.25) is 4.79 Å². The lowest BCUT2D eigenvalue weighted by Gasteiger charge is -2.25. The van der Waals surface area contributed by atoms with E-state index >= 15 is 0 Å². The predicted molar refractivity (Wildman–Crippen MR) is 109 cm³/mol. The van der Waals surface area contributed by atoms with Crippen LogP contribution in [0.3, 0.4) is 0 Å². The molecule has 2 aromatic carbocycles. The van der Waals surface area contributed by atoms with E-state index in [4.69, 9.17) is 9.47 Å². The minimum atomic E-state index is -0.515. The van der Waals surface area contributed by atoms with E-state index in [0.29, 0.717) is 12.3 Å². The van der Waals surface area contributed by atoms with Crippen LogP contribution in [0.5, 0.6) is 11.5 Å². The number of nitrogens with one attached hydrogen (secondary N) is 1. The van der Waals surface area contributed by atoms with Gasteiger partial charge in [-0.25, -0.2) is 0 Å². The SMILES string of the molecule is CC[C@H](Oc1ccccc1C)C(=O)N[C@@H](CC(C)C)c1ccc(OC)cc1. The largest absolute Gasteiger partial charge is 0.497 e. The quantitative estimate of drug-likeness (QED) is 0.672. The maximum absolute atomic E-state index is 12.9. The van der Waals surface area contributed by atoms with Crippen LogP contribution in [0.2, 0.25) is 0 Å². The van der Waals surface area contributed by atoms with Crippen LogP contribution in [0.25, 0.3) is 0 Å². The standard InChI is InChI=1S/C23H31NO3/c1-6-21(27-22-10-8-7-9-17(22)4)23(25)24-20(15-16(2)3)18-11-13-19(26-5)14-12-18/h7-14,16,20-21H,6,15H2,1-5H3,(H,24,25)/t20-,21-/m0/s1. The fourth-order valence-corrected chi connectivity index (χ4v) is 3.01. The van der Waals surface area contributed by atoms with E-state index < -0.39 is 6.10 Å². The molecule has 0 unspecified atom stereocenters. The highest BCUT2D eigenvalue weighted by Gasteiger charge is 2.23. The molecule has 27 heavy (non-hydrogen) atoms. The summed E-state index contributed by atoms with van der Waals surface area (Å²) in [6, 6.07) is 15.6. The summed E-state index contributed by atoms with van der Waals surface area (Å²) in [5, 5.41) is 3.19. The first-order valence-corrected chi connectivity index (χ1v) is 9.61. The third-order valence-corrected chi connectivity index (χ3v) is 4.57. The molecule has 0 saturated carbocycles. The van der Waals surface area contributed by atoms with Crippen molar-refractivity contribution in [3.8, 4) is 11.5 Å². The fourth-order valence-electron chi connectivity index (χ4n) is 3.01. The molecule has 0 saturated heterocycles. The first-order valence-electron chi connectivity index (χ1n) is 9.61. The molecule has 0 aromatic heterocycles. The van der Waals surface area contributed by atoms with Gasteiger partial charge < -0.3 is 14.8 Å². The van der Waals surface area contributed by atoms with Crippen molar-refractivity contribution in [2.24, 2.45) is 5.92 Å². The Morgan fingerprint density at radius 3 is 2.30 bits per heavy atom. The van der Waals surface area contributed by atoms with Crippen molar-refractivity contribution < 1.29 is 14.3 Å². The number of benzene rings is 2. The molecule has 2 rings (SSSR count). The van der Waals surface area contributed by atoms with Crippen molar-refractivity contribution in [2.75, 3.05) is 7.11 Å². The lowest BCUT2D eigenvalue weighted by atomic mass is 9.96. The van der Waals surface area contributed by atoms with Gasteiger partial charge in [0, 0.05) is 0 Å². The van der Waals surface area contributed by atoms with E-state index in [1.165, 1.54) is 0 Å². The maximum Gasteiger partial charge on any atom is 0.261 e. The zero-order chi connectivity index (χ0) is 19.8. The van der Waals surface area contributed by atoms with Gasteiger partial charge in [0.2, 0.25) is 0 Å². The van der Waals surface area contributed by atoms with Crippen LogP contribution >= 0.6 is 0 Å². The van der Waals surface area contributed by atoms with E-state index in [1.807, 2.05) is 62.4 Å². The second kappa shape index (κ2) is 10.0. The Bertz CT molecular complexity index is 725. The first-order chi connectivity index (χ1) is 12.9. The molecule has 0 heterocycles. The van der Waals surface area contributed by atoms with Crippen LogP contribution in [0.4, 0.5) is 0 Å². The van der Waals surface area contributed by atoms with Gasteiger partial charge >= 0.3 is 0 Å². The predicted octanol–water partition coefficient (Wildman–Crippen LogP) is 5.06. The van der Waals surface area contributed by atoms with Crippen molar-refractivity contribution in [3.05, 3.63) is 59.7 Å². The van der Waals surface area contributed by atoms with Gasteiger partial charge in [0.25, 0.3) is 5.91 Å². The zero-order valence-electron chi connectivity index (χ0n) is 17.0. The average Bonchev–Trinajstić information content (AvgIpc) is 2.66. The first kappa shape index (κ1) is 20.8. The summed E-state index contributed by atoms with van der Waals surface area (Å²) in [6.07, 6.45) is 0.953. The number of methoxy groups -OCH3 is 1. The smallest absolute Gasteiger partial charge is 0.261 e. The molecule has 0 fully saturated rings. The van der Waals surface area contributed by atoms with E-state index in [-0.39, 0.29) is 11.9 Å². The molecular formula is C23H31NO3. The molecular weight excluding hydrogens is 338 g/mol. The Morgan fingerprint density at radius 1 is 1.07 bits per heavy atom. The van der Waals surface area contributed by atoms with Crippen LogP contribution in [-0.4, -0.2) is 19.1 Å². The van der Waals surface area contributed by atoms with E-state index in [9.17, 15) is 4.79 Å². The Hall–Kier alpha value is -2.49. The van der Waals surface area contributed by atoms with Crippen LogP contribution in [0, 0.1) is 12.8 Å². The summed E-state index contributed by atoms with van der Waals surface area (Å²) in [7, 11) is 1.65. The van der Waals surface area contributed by atoms with Crippen molar-refractivity contribution in [3.63, 3.8) is 0 Å². The number of para-hydroxylation sites is 1. The highest BCUT2D eigenvalue weighted by atomic mass is 16.5. The summed E-state index contributed by atoms with van der Waals surface area (Å²) in [5.74, 6) is 1.93. The van der Waals surface area contributed by atoms with Gasteiger partial charge in [0.05, 0.1) is 13.2 Å². The summed E-state index contributed by atoms with van der Waals surface area (Å²) < 4.78 is 11.2. The average molecular weight is 370 g/mol. The third-order valence-electron chi connectivity index (χ3n) is 4.57. The lowest BCUT2D eigenvalue weighted by molar-refractivity contribution is -0.129. The molecule has 0 aliphatic heterocycles. The van der Waals surface area contributed by atoms with E-state index in [1.54, 1.807) is 7.11 Å². The monoisotopic (exact) mass is 369 g/mol. The van der Waals surface area contributed by atoms with Crippen molar-refractivity contribution in [2.45, 2.75) is 52.7 Å². The molecule has 2 atom stereocenters. The molecule has 4 nitrogen and oxygen atoms in total. The van der Waals surface area contributed by atoms with Gasteiger partial charge in [0.1, 0.15) is 11.5 Å². The van der Waals surface area contributed by atoms with Gasteiger partial charge in [-0.05, 0) is 55.0 Å². The molecule has 0 radical (unpaired) electrons. The number of hydrogen-bond acceptors (Lipinski definition) is 3. The van der Waals surface area contributed by atoms with Crippen LogP contribution in [-0.2, 0) is 4.79 Å². The highest BCUT2D eigenvalue weighted by Crippen LogP contribution is 2.25. The zero-order valence-corrected chi connectivity index (χ0v) is 17.0. The summed E-state index contributed by atoms with van der Waals surface area (Å²) in [5.41, 5.74) is 2.10. The normalized spacial score (nSPS) is 13.1. The number of hydrogen-bond donors (Lipinski definition) is 1. The second-order valence-corrected chi connectivity index (χ2v) is 7.24. The lowest BCUT2D eigenvalue weighted by Crippen LogP contribution is -2.40. The van der Waals surface area contributed by atoms with Crippen molar-refractivity contribution >= 4 is 5.91 Å². The molecule has 1 amide bonds. The van der Waals surface area contributed by atoms with E-state index in [0.717, 1.165) is 29.0 Å². The molecule has 4 heteroatoms. The van der Waals surface area contributed by atoms with Crippen molar-refractivity contribution in [1.29, 1.82) is 0 Å². The van der Waals surface area contributed by atoms with Gasteiger partial charge in [0.15, 0.2) is 6.10 Å². The number of ether oxygens (including phenoxy) is 2. The van der Waals surface area contributed by atoms with E-state index in [2.05, 4.69) is 19.2 Å². The number of aryl methyl sites for hydroxylation is 1. The molecule has 2 aromatic rings. The second-order valence-electron chi connectivity index (χ2n) is 7.24. The molecule has 0 aliphatic rings. The van der Waals surface area contributed by atoms with Crippen LogP contribution in [0.1, 0.15) is 50.8 Å². The Morgan fingerprint density at radius 2 is 1.74 bits per heavy atom. The molecule has 0 spiro atoms. The maximum atomic E-state index is 12.9. The topological polar surface area (TPSA) is 47.6 Å². The third kappa shape index (κ3) is 6.02. The Labute approximate surface area is 162 Å². The van der Waals surface area contributed by atoms with Gasteiger partial charge in [-0.2, -0.15) is 0 Å². The van der Waals surface area contributed by atoms with Crippen molar-refractivity contribution in [1.82, 2.24) is 5.32 Å². The number of carbonyl (C=O) groups is 1. The summed E-state index contributed by atoms with van der Waals surface area (Å²) >= 11 is 0. The molecule has 146 valence electrons. The molecule has 1 N–H and O–H groups in total. The number of amides is 1. The van der Waals surface area contributed by atoms with Gasteiger partial charge in [-0.15, -0.1) is 0 Å². The molecule has 0 aliphatic carbocycles. The highest BCUT2D eigenvalue weighted by molar-refractivity contribution is 5.81. The summed E-state index contributed by atoms with van der Waals surface area (Å²) in [6.45, 7) is 8.26. The van der Waals surface area contributed by atoms with Crippen LogP contribution < -0.4 is 14.8 Å². The Balaban J connectivity index is 2.13. The van der Waals surface area contributed by atoms with Crippen LogP contribution in [0.15, 0.2) is 48.5 Å². The van der Waals surface area contributed by atoms with Gasteiger partial charge in [-0.1, -0.05) is 51.1 Å². The molecule has 0 bridgehead atoms. The summed E-state index contributed by atoms with van der Waals surface area (Å²) in [4.78, 5) is 12.9. The number of rotatable bonds is 9. The minimum absolute atomic E-state index is 0.0575. The fraction of sp³-hybridized carbons (Fsp3) is 0.435.